The Labute approximate surface area is 177 Å². The van der Waals surface area contributed by atoms with E-state index in [1.54, 1.807) is 36.4 Å². The van der Waals surface area contributed by atoms with Crippen molar-refractivity contribution in [3.05, 3.63) is 90.0 Å². The van der Waals surface area contributed by atoms with E-state index in [9.17, 15) is 13.2 Å². The number of amides is 1. The Morgan fingerprint density at radius 1 is 0.933 bits per heavy atom. The first-order chi connectivity index (χ1) is 14.3. The quantitative estimate of drug-likeness (QED) is 0.596. The molecule has 0 heterocycles. The predicted octanol–water partition coefficient (Wildman–Crippen LogP) is 3.87. The number of hydrogen-bond acceptors (Lipinski definition) is 4. The number of benzene rings is 3. The molecule has 0 spiro atoms. The van der Waals surface area contributed by atoms with Gasteiger partial charge in [-0.3, -0.25) is 9.10 Å². The van der Waals surface area contributed by atoms with Crippen molar-refractivity contribution >= 4 is 21.6 Å². The lowest BCUT2D eigenvalue weighted by Crippen LogP contribution is -2.40. The van der Waals surface area contributed by atoms with Gasteiger partial charge in [-0.2, -0.15) is 0 Å². The van der Waals surface area contributed by atoms with Gasteiger partial charge in [0, 0.05) is 6.54 Å². The summed E-state index contributed by atoms with van der Waals surface area (Å²) >= 11 is 0. The van der Waals surface area contributed by atoms with Crippen LogP contribution in [0.2, 0.25) is 0 Å². The van der Waals surface area contributed by atoms with Crippen LogP contribution < -0.4 is 14.4 Å². The fourth-order valence-electron chi connectivity index (χ4n) is 2.93. The van der Waals surface area contributed by atoms with Gasteiger partial charge in [-0.25, -0.2) is 8.42 Å². The van der Waals surface area contributed by atoms with E-state index in [0.29, 0.717) is 23.7 Å². The maximum atomic E-state index is 12.6. The summed E-state index contributed by atoms with van der Waals surface area (Å²) in [5, 5.41) is 2.80. The average Bonchev–Trinajstić information content (AvgIpc) is 2.72. The second-order valence-corrected chi connectivity index (χ2v) is 8.76. The van der Waals surface area contributed by atoms with Crippen LogP contribution in [0.15, 0.2) is 78.9 Å². The molecule has 0 saturated heterocycles. The zero-order valence-corrected chi connectivity index (χ0v) is 17.7. The van der Waals surface area contributed by atoms with Crippen LogP contribution in [0, 0.1) is 6.92 Å². The largest absolute Gasteiger partial charge is 0.455 e. The van der Waals surface area contributed by atoms with Gasteiger partial charge in [-0.15, -0.1) is 0 Å². The van der Waals surface area contributed by atoms with Crippen molar-refractivity contribution in [3.63, 3.8) is 0 Å². The summed E-state index contributed by atoms with van der Waals surface area (Å²) in [6.45, 7) is 1.94. The number of rotatable bonds is 8. The Morgan fingerprint density at radius 3 is 2.27 bits per heavy atom. The summed E-state index contributed by atoms with van der Waals surface area (Å²) in [4.78, 5) is 12.6. The molecule has 3 aromatic carbocycles. The molecule has 0 radical (unpaired) electrons. The van der Waals surface area contributed by atoms with Crippen molar-refractivity contribution in [2.45, 2.75) is 13.5 Å². The Morgan fingerprint density at radius 2 is 1.57 bits per heavy atom. The fourth-order valence-corrected chi connectivity index (χ4v) is 3.79. The molecular weight excluding hydrogens is 400 g/mol. The highest BCUT2D eigenvalue weighted by molar-refractivity contribution is 7.92. The van der Waals surface area contributed by atoms with E-state index in [4.69, 9.17) is 4.74 Å². The second kappa shape index (κ2) is 9.45. The Bertz CT molecular complexity index is 1110. The lowest BCUT2D eigenvalue weighted by atomic mass is 10.1. The number of nitrogens with zero attached hydrogens (tertiary/aromatic N) is 1. The molecule has 156 valence electrons. The van der Waals surface area contributed by atoms with Gasteiger partial charge in [-0.05, 0) is 42.3 Å². The summed E-state index contributed by atoms with van der Waals surface area (Å²) in [5.41, 5.74) is 2.33. The number of carbonyl (C=O) groups excluding carboxylic acids is 1. The van der Waals surface area contributed by atoms with E-state index in [2.05, 4.69) is 5.32 Å². The van der Waals surface area contributed by atoms with E-state index < -0.39 is 15.9 Å². The summed E-state index contributed by atoms with van der Waals surface area (Å²) < 4.78 is 31.9. The third-order valence-corrected chi connectivity index (χ3v) is 5.66. The molecule has 6 nitrogen and oxygen atoms in total. The molecule has 0 bridgehead atoms. The number of aryl methyl sites for hydroxylation is 1. The van der Waals surface area contributed by atoms with Crippen LogP contribution in [0.1, 0.15) is 11.1 Å². The lowest BCUT2D eigenvalue weighted by Gasteiger charge is -2.24. The molecule has 0 unspecified atom stereocenters. The maximum absolute atomic E-state index is 12.6. The molecule has 0 fully saturated rings. The summed E-state index contributed by atoms with van der Waals surface area (Å²) in [6.07, 6.45) is 1.07. The Hall–Kier alpha value is -3.32. The first-order valence-electron chi connectivity index (χ1n) is 9.45. The van der Waals surface area contributed by atoms with Gasteiger partial charge >= 0.3 is 0 Å². The molecule has 30 heavy (non-hydrogen) atoms. The van der Waals surface area contributed by atoms with Crippen LogP contribution in [0.3, 0.4) is 0 Å². The highest BCUT2D eigenvalue weighted by Gasteiger charge is 2.24. The van der Waals surface area contributed by atoms with E-state index in [1.807, 2.05) is 49.4 Å². The van der Waals surface area contributed by atoms with Crippen molar-refractivity contribution in [2.75, 3.05) is 17.1 Å². The molecule has 0 atom stereocenters. The highest BCUT2D eigenvalue weighted by Crippen LogP contribution is 2.33. The smallest absolute Gasteiger partial charge is 0.241 e. The Kier molecular flexibility index (Phi) is 6.74. The molecule has 1 N–H and O–H groups in total. The van der Waals surface area contributed by atoms with Crippen LogP contribution in [0.25, 0.3) is 0 Å². The van der Waals surface area contributed by atoms with Gasteiger partial charge in [0.1, 0.15) is 12.3 Å². The minimum Gasteiger partial charge on any atom is -0.455 e. The van der Waals surface area contributed by atoms with Gasteiger partial charge in [0.2, 0.25) is 15.9 Å². The maximum Gasteiger partial charge on any atom is 0.241 e. The highest BCUT2D eigenvalue weighted by atomic mass is 32.2. The van der Waals surface area contributed by atoms with Gasteiger partial charge < -0.3 is 10.1 Å². The van der Waals surface area contributed by atoms with Crippen molar-refractivity contribution in [2.24, 2.45) is 0 Å². The zero-order valence-electron chi connectivity index (χ0n) is 16.9. The third-order valence-electron chi connectivity index (χ3n) is 4.53. The van der Waals surface area contributed by atoms with Crippen molar-refractivity contribution < 1.29 is 17.9 Å². The molecule has 0 saturated carbocycles. The lowest BCUT2D eigenvalue weighted by molar-refractivity contribution is -0.119. The first kappa shape index (κ1) is 21.4. The van der Waals surface area contributed by atoms with Crippen molar-refractivity contribution in [1.29, 1.82) is 0 Å². The van der Waals surface area contributed by atoms with Gasteiger partial charge in [0.15, 0.2) is 5.75 Å². The summed E-state index contributed by atoms with van der Waals surface area (Å²) in [5.74, 6) is 0.515. The van der Waals surface area contributed by atoms with Crippen molar-refractivity contribution in [3.8, 4) is 11.5 Å². The molecule has 0 aliphatic heterocycles. The number of anilines is 1. The summed E-state index contributed by atoms with van der Waals surface area (Å²) in [6, 6.07) is 23.5. The molecule has 1 amide bonds. The zero-order chi connectivity index (χ0) is 21.6. The van der Waals surface area contributed by atoms with Crippen LogP contribution in [-0.4, -0.2) is 27.1 Å². The third kappa shape index (κ3) is 5.61. The monoisotopic (exact) mass is 424 g/mol. The normalized spacial score (nSPS) is 11.0. The van der Waals surface area contributed by atoms with E-state index in [-0.39, 0.29) is 6.54 Å². The molecule has 3 aromatic rings. The average molecular weight is 425 g/mol. The molecule has 0 aliphatic carbocycles. The van der Waals surface area contributed by atoms with E-state index >= 15 is 0 Å². The molecule has 3 rings (SSSR count). The van der Waals surface area contributed by atoms with Crippen LogP contribution in [-0.2, 0) is 21.4 Å². The minimum atomic E-state index is -3.73. The Balaban J connectivity index is 1.80. The number of sulfonamides is 1. The number of nitrogens with one attached hydrogen (secondary N) is 1. The van der Waals surface area contributed by atoms with Gasteiger partial charge in [0.05, 0.1) is 11.9 Å². The molecule has 0 aliphatic rings. The van der Waals surface area contributed by atoms with Crippen molar-refractivity contribution in [1.82, 2.24) is 5.32 Å². The number of para-hydroxylation sites is 3. The van der Waals surface area contributed by atoms with Crippen LogP contribution >= 0.6 is 0 Å². The van der Waals surface area contributed by atoms with Gasteiger partial charge in [-0.1, -0.05) is 54.6 Å². The van der Waals surface area contributed by atoms with E-state index in [1.165, 1.54) is 0 Å². The topological polar surface area (TPSA) is 75.7 Å². The molecule has 7 heteroatoms. The number of ether oxygens (including phenoxy) is 1. The first-order valence-corrected chi connectivity index (χ1v) is 11.3. The van der Waals surface area contributed by atoms with E-state index in [0.717, 1.165) is 21.7 Å². The SMILES string of the molecule is Cc1ccccc1CNC(=O)CN(c1ccccc1Oc1ccccc1)S(C)(=O)=O. The second-order valence-electron chi connectivity index (χ2n) is 6.86. The van der Waals surface area contributed by atoms with Crippen LogP contribution in [0.5, 0.6) is 11.5 Å². The summed E-state index contributed by atoms with van der Waals surface area (Å²) in [7, 11) is -3.73. The molecule has 0 aromatic heterocycles. The number of hydrogen-bond donors (Lipinski definition) is 1. The fraction of sp³-hybridized carbons (Fsp3) is 0.174. The number of carbonyl (C=O) groups is 1. The minimum absolute atomic E-state index is 0.301. The standard InChI is InChI=1S/C23H24N2O4S/c1-18-10-6-7-11-19(18)16-24-23(26)17-25(30(2,27)28)21-14-8-9-15-22(21)29-20-12-4-3-5-13-20/h3-15H,16-17H2,1-2H3,(H,24,26). The predicted molar refractivity (Wildman–Crippen MR) is 118 cm³/mol. The molecular formula is C23H24N2O4S. The van der Waals surface area contributed by atoms with Gasteiger partial charge in [0.25, 0.3) is 0 Å². The van der Waals surface area contributed by atoms with Crippen LogP contribution in [0.4, 0.5) is 5.69 Å².